The third-order valence-electron chi connectivity index (χ3n) is 3.69. The molecule has 0 atom stereocenters. The molecule has 0 saturated heterocycles. The summed E-state index contributed by atoms with van der Waals surface area (Å²) in [6, 6.07) is 0. The van der Waals surface area contributed by atoms with Crippen LogP contribution < -0.4 is 5.73 Å². The van der Waals surface area contributed by atoms with Gasteiger partial charge in [0.1, 0.15) is 0 Å². The first-order chi connectivity index (χ1) is 6.77. The Kier molecular flexibility index (Phi) is 3.30. The van der Waals surface area contributed by atoms with Crippen LogP contribution in [0.25, 0.3) is 0 Å². The van der Waals surface area contributed by atoms with E-state index in [-0.39, 0.29) is 0 Å². The molecule has 0 unspecified atom stereocenters. The van der Waals surface area contributed by atoms with E-state index in [1.165, 1.54) is 43.1 Å². The van der Waals surface area contributed by atoms with E-state index in [0.717, 1.165) is 13.1 Å². The largest absolute Gasteiger partial charge is 0.329 e. The Hall–Kier alpha value is 0.140. The molecule has 0 aromatic carbocycles. The van der Waals surface area contributed by atoms with Crippen LogP contribution in [0.2, 0.25) is 0 Å². The van der Waals surface area contributed by atoms with Crippen LogP contribution in [0.5, 0.6) is 0 Å². The van der Waals surface area contributed by atoms with Gasteiger partial charge in [-0.05, 0) is 19.3 Å². The minimum absolute atomic E-state index is 0.327. The summed E-state index contributed by atoms with van der Waals surface area (Å²) < 4.78 is 1.34. The molecule has 1 aliphatic heterocycles. The maximum absolute atomic E-state index is 5.97. The predicted molar refractivity (Wildman–Crippen MR) is 63.5 cm³/mol. The van der Waals surface area contributed by atoms with Crippen molar-refractivity contribution in [2.24, 2.45) is 5.73 Å². The number of nitrogens with zero attached hydrogens (tertiary/aromatic N) is 1. The Bertz CT molecular complexity index is 231. The maximum atomic E-state index is 5.97. The van der Waals surface area contributed by atoms with Crippen LogP contribution in [-0.2, 0) is 0 Å². The van der Waals surface area contributed by atoms with E-state index < -0.39 is 0 Å². The molecule has 1 fully saturated rings. The van der Waals surface area contributed by atoms with Crippen LogP contribution in [0.4, 0.5) is 0 Å². The molecule has 1 aliphatic carbocycles. The minimum Gasteiger partial charge on any atom is -0.329 e. The lowest BCUT2D eigenvalue weighted by atomic mass is 9.94. The van der Waals surface area contributed by atoms with Gasteiger partial charge in [-0.15, -0.1) is 0 Å². The smallest absolute Gasteiger partial charge is 0.0335 e. The van der Waals surface area contributed by atoms with Gasteiger partial charge in [0, 0.05) is 29.7 Å². The molecule has 0 spiro atoms. The summed E-state index contributed by atoms with van der Waals surface area (Å²) in [4.78, 5) is 2.59. The van der Waals surface area contributed by atoms with Crippen LogP contribution in [0.1, 0.15) is 32.1 Å². The first-order valence-corrected chi connectivity index (χ1v) is 6.36. The van der Waals surface area contributed by atoms with Gasteiger partial charge >= 0.3 is 0 Å². The third kappa shape index (κ3) is 1.90. The second-order valence-electron chi connectivity index (χ2n) is 4.50. The molecule has 80 valence electrons. The second-order valence-corrected chi connectivity index (χ2v) is 5.52. The average Bonchev–Trinajstić information content (AvgIpc) is 2.67. The Morgan fingerprint density at radius 2 is 2.14 bits per heavy atom. The van der Waals surface area contributed by atoms with Crippen molar-refractivity contribution in [2.45, 2.75) is 37.6 Å². The highest BCUT2D eigenvalue weighted by molar-refractivity contribution is 9.11. The lowest BCUT2D eigenvalue weighted by Crippen LogP contribution is -2.53. The van der Waals surface area contributed by atoms with Gasteiger partial charge in [0.2, 0.25) is 0 Å². The van der Waals surface area contributed by atoms with Crippen molar-refractivity contribution in [1.82, 2.24) is 4.90 Å². The van der Waals surface area contributed by atoms with Crippen LogP contribution in [0.3, 0.4) is 0 Å². The summed E-state index contributed by atoms with van der Waals surface area (Å²) in [5, 5.41) is 0. The highest BCUT2D eigenvalue weighted by atomic mass is 79.9. The summed E-state index contributed by atoms with van der Waals surface area (Å²) >= 11 is 3.61. The summed E-state index contributed by atoms with van der Waals surface area (Å²) in [5.74, 6) is 0. The fraction of sp³-hybridized carbons (Fsp3) is 0.818. The van der Waals surface area contributed by atoms with Crippen LogP contribution in [0.15, 0.2) is 10.6 Å². The highest BCUT2D eigenvalue weighted by Crippen LogP contribution is 2.36. The van der Waals surface area contributed by atoms with E-state index in [0.29, 0.717) is 5.54 Å². The molecule has 2 N–H and O–H groups in total. The SMILES string of the molecule is NCC1(N2CCC=C(Br)C2)CCCC1. The molecule has 0 amide bonds. The molecule has 1 heterocycles. The van der Waals surface area contributed by atoms with Gasteiger partial charge in [0.05, 0.1) is 0 Å². The Morgan fingerprint density at radius 3 is 2.71 bits per heavy atom. The summed E-state index contributed by atoms with van der Waals surface area (Å²) in [5.41, 5.74) is 6.30. The third-order valence-corrected chi connectivity index (χ3v) is 4.27. The van der Waals surface area contributed by atoms with Crippen molar-refractivity contribution in [3.8, 4) is 0 Å². The van der Waals surface area contributed by atoms with Crippen molar-refractivity contribution in [2.75, 3.05) is 19.6 Å². The van der Waals surface area contributed by atoms with Crippen molar-refractivity contribution in [3.05, 3.63) is 10.6 Å². The Morgan fingerprint density at radius 1 is 1.43 bits per heavy atom. The molecule has 1 saturated carbocycles. The zero-order valence-electron chi connectivity index (χ0n) is 8.64. The normalized spacial score (nSPS) is 27.7. The molecular formula is C11H19BrN2. The monoisotopic (exact) mass is 258 g/mol. The molecule has 3 heteroatoms. The number of rotatable bonds is 2. The minimum atomic E-state index is 0.327. The molecule has 0 aromatic heterocycles. The van der Waals surface area contributed by atoms with Crippen LogP contribution >= 0.6 is 15.9 Å². The van der Waals surface area contributed by atoms with Crippen molar-refractivity contribution in [1.29, 1.82) is 0 Å². The van der Waals surface area contributed by atoms with Gasteiger partial charge in [-0.1, -0.05) is 34.8 Å². The first-order valence-electron chi connectivity index (χ1n) is 5.56. The van der Waals surface area contributed by atoms with E-state index in [4.69, 9.17) is 5.73 Å². The summed E-state index contributed by atoms with van der Waals surface area (Å²) in [6.07, 6.45) is 8.76. The zero-order chi connectivity index (χ0) is 10.0. The maximum Gasteiger partial charge on any atom is 0.0335 e. The molecule has 14 heavy (non-hydrogen) atoms. The van der Waals surface area contributed by atoms with Gasteiger partial charge in [0.15, 0.2) is 0 Å². The van der Waals surface area contributed by atoms with E-state index >= 15 is 0 Å². The van der Waals surface area contributed by atoms with Gasteiger partial charge in [-0.2, -0.15) is 0 Å². The average molecular weight is 259 g/mol. The molecule has 2 rings (SSSR count). The van der Waals surface area contributed by atoms with Crippen molar-refractivity contribution < 1.29 is 0 Å². The van der Waals surface area contributed by atoms with Crippen LogP contribution in [-0.4, -0.2) is 30.1 Å². The van der Waals surface area contributed by atoms with E-state index in [2.05, 4.69) is 26.9 Å². The van der Waals surface area contributed by atoms with Gasteiger partial charge in [0.25, 0.3) is 0 Å². The van der Waals surface area contributed by atoms with E-state index in [1.54, 1.807) is 0 Å². The van der Waals surface area contributed by atoms with Crippen molar-refractivity contribution in [3.63, 3.8) is 0 Å². The fourth-order valence-electron chi connectivity index (χ4n) is 2.79. The standard InChI is InChI=1S/C11H19BrN2/c12-10-4-3-7-14(8-10)11(9-13)5-1-2-6-11/h4H,1-3,5-9,13H2. The Labute approximate surface area is 94.7 Å². The predicted octanol–water partition coefficient (Wildman–Crippen LogP) is 2.24. The molecule has 0 aromatic rings. The number of hydrogen-bond acceptors (Lipinski definition) is 2. The van der Waals surface area contributed by atoms with Gasteiger partial charge in [-0.25, -0.2) is 0 Å². The van der Waals surface area contributed by atoms with E-state index in [1.807, 2.05) is 0 Å². The topological polar surface area (TPSA) is 29.3 Å². The van der Waals surface area contributed by atoms with Gasteiger partial charge in [-0.3, -0.25) is 4.90 Å². The highest BCUT2D eigenvalue weighted by Gasteiger charge is 2.38. The number of hydrogen-bond donors (Lipinski definition) is 1. The van der Waals surface area contributed by atoms with Gasteiger partial charge < -0.3 is 5.73 Å². The molecule has 2 nitrogen and oxygen atoms in total. The molecule has 0 bridgehead atoms. The lowest BCUT2D eigenvalue weighted by Gasteiger charge is -2.42. The molecule has 0 radical (unpaired) electrons. The zero-order valence-corrected chi connectivity index (χ0v) is 10.2. The molecule has 2 aliphatic rings. The number of halogens is 1. The Balaban J connectivity index is 2.08. The fourth-order valence-corrected chi connectivity index (χ4v) is 3.32. The quantitative estimate of drug-likeness (QED) is 0.824. The summed E-state index contributed by atoms with van der Waals surface area (Å²) in [6.45, 7) is 3.08. The molecular weight excluding hydrogens is 240 g/mol. The number of nitrogens with two attached hydrogens (primary N) is 1. The summed E-state index contributed by atoms with van der Waals surface area (Å²) in [7, 11) is 0. The lowest BCUT2D eigenvalue weighted by molar-refractivity contribution is 0.110. The van der Waals surface area contributed by atoms with Crippen LogP contribution in [0, 0.1) is 0 Å². The van der Waals surface area contributed by atoms with E-state index in [9.17, 15) is 0 Å². The van der Waals surface area contributed by atoms with Crippen molar-refractivity contribution >= 4 is 15.9 Å². The first kappa shape index (κ1) is 10.7. The second kappa shape index (κ2) is 4.33.